The molecule has 1 saturated heterocycles. The van der Waals surface area contributed by atoms with Crippen LogP contribution in [-0.2, 0) is 10.0 Å². The smallest absolute Gasteiger partial charge is 0.245 e. The Bertz CT molecular complexity index is 599. The first-order chi connectivity index (χ1) is 10.1. The summed E-state index contributed by atoms with van der Waals surface area (Å²) >= 11 is 0. The zero-order chi connectivity index (χ0) is 14.9. The van der Waals surface area contributed by atoms with Crippen molar-refractivity contribution in [2.45, 2.75) is 36.6 Å². The van der Waals surface area contributed by atoms with E-state index in [-0.39, 0.29) is 17.3 Å². The zero-order valence-electron chi connectivity index (χ0n) is 12.4. The number of rotatable bonds is 5. The van der Waals surface area contributed by atoms with Crippen molar-refractivity contribution < 1.29 is 12.8 Å². The minimum Gasteiger partial charge on any atom is -0.314 e. The summed E-state index contributed by atoms with van der Waals surface area (Å²) in [5.41, 5.74) is 0. The van der Waals surface area contributed by atoms with Crippen molar-refractivity contribution in [2.24, 2.45) is 5.92 Å². The fourth-order valence-corrected chi connectivity index (χ4v) is 4.28. The standard InChI is InChI=1S/C15H21FN2O2S.ClH/c16-14-3-1-2-4-15(14)21(19,20)18-9-7-13(8-10-18)17-11-12-5-6-12;/h1-4,12-13,17H,5-11H2;1H. The predicted octanol–water partition coefficient (Wildman–Crippen LogP) is 2.40. The van der Waals surface area contributed by atoms with E-state index in [2.05, 4.69) is 5.32 Å². The second-order valence-electron chi connectivity index (χ2n) is 5.96. The van der Waals surface area contributed by atoms with Crippen molar-refractivity contribution in [1.29, 1.82) is 0 Å². The summed E-state index contributed by atoms with van der Waals surface area (Å²) in [6.45, 7) is 1.96. The molecule has 4 nitrogen and oxygen atoms in total. The van der Waals surface area contributed by atoms with Gasteiger partial charge in [-0.15, -0.1) is 12.4 Å². The molecule has 1 aliphatic carbocycles. The highest BCUT2D eigenvalue weighted by Gasteiger charge is 2.31. The number of halogens is 2. The third-order valence-electron chi connectivity index (χ3n) is 4.30. The second-order valence-corrected chi connectivity index (χ2v) is 7.87. The van der Waals surface area contributed by atoms with Gasteiger partial charge in [-0.3, -0.25) is 0 Å². The van der Waals surface area contributed by atoms with E-state index in [4.69, 9.17) is 0 Å². The number of nitrogens with one attached hydrogen (secondary N) is 1. The van der Waals surface area contributed by atoms with Gasteiger partial charge in [0.05, 0.1) is 0 Å². The molecular formula is C15H22ClFN2O2S. The molecule has 0 aromatic heterocycles. The number of benzene rings is 1. The Labute approximate surface area is 137 Å². The molecule has 7 heteroatoms. The van der Waals surface area contributed by atoms with E-state index in [0.29, 0.717) is 19.1 Å². The molecule has 0 radical (unpaired) electrons. The fraction of sp³-hybridized carbons (Fsp3) is 0.600. The van der Waals surface area contributed by atoms with Gasteiger partial charge in [0, 0.05) is 19.1 Å². The average Bonchev–Trinajstić information content (AvgIpc) is 3.30. The Morgan fingerprint density at radius 3 is 2.36 bits per heavy atom. The maximum absolute atomic E-state index is 13.7. The topological polar surface area (TPSA) is 49.4 Å². The first-order valence-electron chi connectivity index (χ1n) is 7.55. The van der Waals surface area contributed by atoms with Gasteiger partial charge in [-0.1, -0.05) is 12.1 Å². The summed E-state index contributed by atoms with van der Waals surface area (Å²) in [6, 6.07) is 5.97. The molecule has 0 atom stereocenters. The molecule has 2 fully saturated rings. The van der Waals surface area contributed by atoms with Crippen LogP contribution in [0.25, 0.3) is 0 Å². The summed E-state index contributed by atoms with van der Waals surface area (Å²) in [4.78, 5) is -0.214. The largest absolute Gasteiger partial charge is 0.314 e. The Hall–Kier alpha value is -0.690. The minimum absolute atomic E-state index is 0. The summed E-state index contributed by atoms with van der Waals surface area (Å²) in [5.74, 6) is 0.150. The van der Waals surface area contributed by atoms with Gasteiger partial charge in [0.15, 0.2) is 0 Å². The van der Waals surface area contributed by atoms with E-state index in [1.54, 1.807) is 6.07 Å². The van der Waals surface area contributed by atoms with Gasteiger partial charge in [-0.05, 0) is 50.3 Å². The summed E-state index contributed by atoms with van der Waals surface area (Å²) in [6.07, 6.45) is 4.21. The van der Waals surface area contributed by atoms with Crippen molar-refractivity contribution in [3.8, 4) is 0 Å². The van der Waals surface area contributed by atoms with Crippen LogP contribution >= 0.6 is 12.4 Å². The van der Waals surface area contributed by atoms with Crippen LogP contribution in [0.2, 0.25) is 0 Å². The molecule has 1 N–H and O–H groups in total. The van der Waals surface area contributed by atoms with E-state index in [1.807, 2.05) is 0 Å². The van der Waals surface area contributed by atoms with E-state index >= 15 is 0 Å². The average molecular weight is 349 g/mol. The molecule has 0 amide bonds. The zero-order valence-corrected chi connectivity index (χ0v) is 14.0. The number of piperidine rings is 1. The number of sulfonamides is 1. The molecule has 2 aliphatic rings. The lowest BCUT2D eigenvalue weighted by Crippen LogP contribution is -2.45. The highest BCUT2D eigenvalue weighted by molar-refractivity contribution is 7.89. The summed E-state index contributed by atoms with van der Waals surface area (Å²) < 4.78 is 40.0. The molecular weight excluding hydrogens is 327 g/mol. The summed E-state index contributed by atoms with van der Waals surface area (Å²) in [5, 5.41) is 3.51. The van der Waals surface area contributed by atoms with Crippen LogP contribution in [0, 0.1) is 11.7 Å². The third-order valence-corrected chi connectivity index (χ3v) is 6.23. The maximum Gasteiger partial charge on any atom is 0.245 e. The Morgan fingerprint density at radius 1 is 1.14 bits per heavy atom. The molecule has 1 aromatic rings. The minimum atomic E-state index is -3.70. The monoisotopic (exact) mass is 348 g/mol. The van der Waals surface area contributed by atoms with Gasteiger partial charge in [-0.2, -0.15) is 4.31 Å². The quantitative estimate of drug-likeness (QED) is 0.889. The van der Waals surface area contributed by atoms with Crippen LogP contribution in [0.4, 0.5) is 4.39 Å². The highest BCUT2D eigenvalue weighted by atomic mass is 35.5. The molecule has 1 heterocycles. The first kappa shape index (κ1) is 17.7. The van der Waals surface area contributed by atoms with Gasteiger partial charge >= 0.3 is 0 Å². The van der Waals surface area contributed by atoms with Gasteiger partial charge in [-0.25, -0.2) is 12.8 Å². The van der Waals surface area contributed by atoms with E-state index in [1.165, 1.54) is 35.3 Å². The SMILES string of the molecule is Cl.O=S(=O)(c1ccccc1F)N1CCC(NCC2CC2)CC1. The summed E-state index contributed by atoms with van der Waals surface area (Å²) in [7, 11) is -3.70. The van der Waals surface area contributed by atoms with Gasteiger partial charge in [0.2, 0.25) is 10.0 Å². The molecule has 1 aromatic carbocycles. The Morgan fingerprint density at radius 2 is 1.77 bits per heavy atom. The number of nitrogens with zero attached hydrogens (tertiary/aromatic N) is 1. The fourth-order valence-electron chi connectivity index (χ4n) is 2.75. The molecule has 0 unspecified atom stereocenters. The Balaban J connectivity index is 0.00000176. The van der Waals surface area contributed by atoms with Gasteiger partial charge < -0.3 is 5.32 Å². The predicted molar refractivity (Wildman–Crippen MR) is 86.2 cm³/mol. The lowest BCUT2D eigenvalue weighted by atomic mass is 10.1. The first-order valence-corrected chi connectivity index (χ1v) is 8.99. The van der Waals surface area contributed by atoms with Crippen molar-refractivity contribution in [1.82, 2.24) is 9.62 Å². The lowest BCUT2D eigenvalue weighted by Gasteiger charge is -2.31. The number of hydrogen-bond donors (Lipinski definition) is 1. The number of hydrogen-bond acceptors (Lipinski definition) is 3. The van der Waals surface area contributed by atoms with Crippen molar-refractivity contribution >= 4 is 22.4 Å². The maximum atomic E-state index is 13.7. The van der Waals surface area contributed by atoms with Gasteiger partial charge in [0.1, 0.15) is 10.7 Å². The molecule has 22 heavy (non-hydrogen) atoms. The molecule has 0 spiro atoms. The molecule has 0 bridgehead atoms. The second kappa shape index (κ2) is 7.25. The molecule has 3 rings (SSSR count). The van der Waals surface area contributed by atoms with Crippen LogP contribution in [0.1, 0.15) is 25.7 Å². The van der Waals surface area contributed by atoms with E-state index in [9.17, 15) is 12.8 Å². The molecule has 1 saturated carbocycles. The Kier molecular flexibility index (Phi) is 5.82. The van der Waals surface area contributed by atoms with Crippen LogP contribution in [0.15, 0.2) is 29.2 Å². The normalized spacial score (nSPS) is 20.6. The van der Waals surface area contributed by atoms with Crippen molar-refractivity contribution in [2.75, 3.05) is 19.6 Å². The molecule has 1 aliphatic heterocycles. The van der Waals surface area contributed by atoms with Crippen molar-refractivity contribution in [3.63, 3.8) is 0 Å². The molecule has 124 valence electrons. The third kappa shape index (κ3) is 3.98. The highest BCUT2D eigenvalue weighted by Crippen LogP contribution is 2.28. The van der Waals surface area contributed by atoms with Gasteiger partial charge in [0.25, 0.3) is 0 Å². The van der Waals surface area contributed by atoms with Crippen molar-refractivity contribution in [3.05, 3.63) is 30.1 Å². The lowest BCUT2D eigenvalue weighted by molar-refractivity contribution is 0.287. The van der Waals surface area contributed by atoms with E-state index < -0.39 is 15.8 Å². The van der Waals surface area contributed by atoms with E-state index in [0.717, 1.165) is 25.3 Å². The van der Waals surface area contributed by atoms with Crippen LogP contribution in [0.5, 0.6) is 0 Å². The van der Waals surface area contributed by atoms with Crippen LogP contribution in [0.3, 0.4) is 0 Å². The van der Waals surface area contributed by atoms with Crippen LogP contribution in [-0.4, -0.2) is 38.4 Å². The van der Waals surface area contributed by atoms with Crippen LogP contribution < -0.4 is 5.32 Å².